The van der Waals surface area contributed by atoms with E-state index in [-0.39, 0.29) is 25.0 Å². The van der Waals surface area contributed by atoms with E-state index in [4.69, 9.17) is 5.11 Å². The Morgan fingerprint density at radius 1 is 1.31 bits per heavy atom. The second kappa shape index (κ2) is 4.82. The summed E-state index contributed by atoms with van der Waals surface area (Å²) in [4.78, 5) is 24.3. The van der Waals surface area contributed by atoms with Crippen LogP contribution in [0.4, 0.5) is 0 Å². The highest BCUT2D eigenvalue weighted by atomic mass is 16.4. The minimum absolute atomic E-state index is 0.0527. The van der Waals surface area contributed by atoms with E-state index >= 15 is 0 Å². The van der Waals surface area contributed by atoms with Crippen LogP contribution in [-0.4, -0.2) is 47.1 Å². The first-order valence-corrected chi connectivity index (χ1v) is 5.94. The van der Waals surface area contributed by atoms with Crippen LogP contribution in [0.3, 0.4) is 0 Å². The monoisotopic (exact) mass is 226 g/mol. The van der Waals surface area contributed by atoms with Crippen molar-refractivity contribution in [1.29, 1.82) is 0 Å². The van der Waals surface area contributed by atoms with Crippen molar-refractivity contribution >= 4 is 11.9 Å². The molecule has 1 unspecified atom stereocenters. The van der Waals surface area contributed by atoms with Crippen molar-refractivity contribution < 1.29 is 14.7 Å². The Morgan fingerprint density at radius 3 is 2.62 bits per heavy atom. The van der Waals surface area contributed by atoms with Gasteiger partial charge < -0.3 is 10.4 Å². The lowest BCUT2D eigenvalue weighted by Gasteiger charge is -2.40. The van der Waals surface area contributed by atoms with Crippen LogP contribution < -0.4 is 5.32 Å². The first-order chi connectivity index (χ1) is 7.68. The fraction of sp³-hybridized carbons (Fsp3) is 0.818. The number of nitrogens with zero attached hydrogens (tertiary/aromatic N) is 1. The molecular formula is C11H18N2O3. The third-order valence-electron chi connectivity index (χ3n) is 3.55. The number of amides is 1. The van der Waals surface area contributed by atoms with Gasteiger partial charge in [-0.1, -0.05) is 19.3 Å². The van der Waals surface area contributed by atoms with Gasteiger partial charge >= 0.3 is 5.97 Å². The number of hydrogen-bond donors (Lipinski definition) is 2. The molecule has 5 nitrogen and oxygen atoms in total. The molecule has 1 amide bonds. The average Bonchev–Trinajstić information content (AvgIpc) is 2.29. The average molecular weight is 226 g/mol. The van der Waals surface area contributed by atoms with Crippen LogP contribution in [0.5, 0.6) is 0 Å². The molecule has 0 aromatic rings. The van der Waals surface area contributed by atoms with Crippen molar-refractivity contribution in [2.75, 3.05) is 13.1 Å². The fourth-order valence-electron chi connectivity index (χ4n) is 2.69. The van der Waals surface area contributed by atoms with E-state index in [1.807, 2.05) is 4.90 Å². The molecule has 0 aromatic carbocycles. The lowest BCUT2D eigenvalue weighted by molar-refractivity contribution is -0.147. The summed E-state index contributed by atoms with van der Waals surface area (Å²) in [5.74, 6) is -0.881. The molecule has 2 aliphatic rings. The Bertz CT molecular complexity index is 287. The Morgan fingerprint density at radius 2 is 2.00 bits per heavy atom. The van der Waals surface area contributed by atoms with Crippen LogP contribution >= 0.6 is 0 Å². The Hall–Kier alpha value is -1.10. The number of piperazine rings is 1. The largest absolute Gasteiger partial charge is 0.480 e. The van der Waals surface area contributed by atoms with Crippen molar-refractivity contribution in [3.8, 4) is 0 Å². The second-order valence-corrected chi connectivity index (χ2v) is 4.62. The van der Waals surface area contributed by atoms with Gasteiger partial charge in [0.25, 0.3) is 0 Å². The predicted molar refractivity (Wildman–Crippen MR) is 58.0 cm³/mol. The van der Waals surface area contributed by atoms with Gasteiger partial charge in [-0.05, 0) is 12.8 Å². The third-order valence-corrected chi connectivity index (χ3v) is 3.55. The van der Waals surface area contributed by atoms with Gasteiger partial charge in [-0.15, -0.1) is 0 Å². The molecule has 1 heterocycles. The van der Waals surface area contributed by atoms with Crippen LogP contribution in [0.1, 0.15) is 32.1 Å². The molecule has 0 radical (unpaired) electrons. The Labute approximate surface area is 94.8 Å². The molecule has 1 saturated carbocycles. The van der Waals surface area contributed by atoms with Gasteiger partial charge in [0, 0.05) is 12.6 Å². The summed E-state index contributed by atoms with van der Waals surface area (Å²) in [6.07, 6.45) is 5.58. The maximum absolute atomic E-state index is 11.3. The summed E-state index contributed by atoms with van der Waals surface area (Å²) in [7, 11) is 0. The van der Waals surface area contributed by atoms with E-state index in [1.165, 1.54) is 6.42 Å². The van der Waals surface area contributed by atoms with Gasteiger partial charge in [-0.25, -0.2) is 0 Å². The maximum atomic E-state index is 11.3. The first kappa shape index (κ1) is 11.4. The summed E-state index contributed by atoms with van der Waals surface area (Å²) < 4.78 is 0. The SMILES string of the molecule is O=C1CN(C2CCCCC2)C(C(=O)O)CN1. The normalized spacial score (nSPS) is 28.8. The lowest BCUT2D eigenvalue weighted by Crippen LogP contribution is -2.60. The summed E-state index contributed by atoms with van der Waals surface area (Å²) in [6.45, 7) is 0.478. The summed E-state index contributed by atoms with van der Waals surface area (Å²) in [6, 6.07) is -0.262. The number of rotatable bonds is 2. The number of carbonyl (C=O) groups is 2. The lowest BCUT2D eigenvalue weighted by atomic mass is 9.92. The minimum Gasteiger partial charge on any atom is -0.480 e. The highest BCUT2D eigenvalue weighted by molar-refractivity contribution is 5.83. The van der Waals surface area contributed by atoms with E-state index in [2.05, 4.69) is 5.32 Å². The zero-order valence-corrected chi connectivity index (χ0v) is 9.32. The summed E-state index contributed by atoms with van der Waals surface area (Å²) in [5, 5.41) is 11.8. The predicted octanol–water partition coefficient (Wildman–Crippen LogP) is 0.204. The van der Waals surface area contributed by atoms with Gasteiger partial charge in [0.05, 0.1) is 6.54 Å². The van der Waals surface area contributed by atoms with Gasteiger partial charge in [-0.2, -0.15) is 0 Å². The van der Waals surface area contributed by atoms with E-state index < -0.39 is 12.0 Å². The molecule has 5 heteroatoms. The van der Waals surface area contributed by atoms with E-state index in [0.29, 0.717) is 0 Å². The summed E-state index contributed by atoms with van der Waals surface area (Å²) in [5.41, 5.74) is 0. The zero-order valence-electron chi connectivity index (χ0n) is 9.32. The van der Waals surface area contributed by atoms with Gasteiger partial charge in [0.1, 0.15) is 6.04 Å². The third kappa shape index (κ3) is 2.35. The van der Waals surface area contributed by atoms with Crippen molar-refractivity contribution in [3.63, 3.8) is 0 Å². The molecule has 2 N–H and O–H groups in total. The smallest absolute Gasteiger partial charge is 0.322 e. The Kier molecular flexibility index (Phi) is 3.43. The topological polar surface area (TPSA) is 69.6 Å². The molecule has 90 valence electrons. The van der Waals surface area contributed by atoms with Gasteiger partial charge in [0.15, 0.2) is 0 Å². The molecule has 1 aliphatic carbocycles. The quantitative estimate of drug-likeness (QED) is 0.706. The van der Waals surface area contributed by atoms with Gasteiger partial charge in [-0.3, -0.25) is 14.5 Å². The van der Waals surface area contributed by atoms with Crippen molar-refractivity contribution in [2.24, 2.45) is 0 Å². The van der Waals surface area contributed by atoms with Gasteiger partial charge in [0.2, 0.25) is 5.91 Å². The van der Waals surface area contributed by atoms with Crippen LogP contribution in [0, 0.1) is 0 Å². The molecule has 1 atom stereocenters. The Balaban J connectivity index is 2.06. The van der Waals surface area contributed by atoms with Crippen LogP contribution in [0.15, 0.2) is 0 Å². The second-order valence-electron chi connectivity index (χ2n) is 4.62. The highest BCUT2D eigenvalue weighted by Gasteiger charge is 2.36. The fourth-order valence-corrected chi connectivity index (χ4v) is 2.69. The molecule has 1 saturated heterocycles. The van der Waals surface area contributed by atoms with Crippen molar-refractivity contribution in [3.05, 3.63) is 0 Å². The van der Waals surface area contributed by atoms with E-state index in [1.54, 1.807) is 0 Å². The first-order valence-electron chi connectivity index (χ1n) is 5.94. The molecular weight excluding hydrogens is 208 g/mol. The number of hydrogen-bond acceptors (Lipinski definition) is 3. The molecule has 0 aromatic heterocycles. The molecule has 0 spiro atoms. The molecule has 0 bridgehead atoms. The molecule has 2 fully saturated rings. The zero-order chi connectivity index (χ0) is 11.5. The number of carboxylic acid groups (broad SMARTS) is 1. The van der Waals surface area contributed by atoms with Crippen molar-refractivity contribution in [2.45, 2.75) is 44.2 Å². The van der Waals surface area contributed by atoms with Crippen LogP contribution in [-0.2, 0) is 9.59 Å². The minimum atomic E-state index is -0.828. The highest BCUT2D eigenvalue weighted by Crippen LogP contribution is 2.24. The molecule has 2 rings (SSSR count). The van der Waals surface area contributed by atoms with Crippen LogP contribution in [0.25, 0.3) is 0 Å². The van der Waals surface area contributed by atoms with E-state index in [0.717, 1.165) is 25.7 Å². The van der Waals surface area contributed by atoms with Crippen LogP contribution in [0.2, 0.25) is 0 Å². The number of nitrogens with one attached hydrogen (secondary N) is 1. The molecule has 16 heavy (non-hydrogen) atoms. The number of carbonyl (C=O) groups excluding carboxylic acids is 1. The maximum Gasteiger partial charge on any atom is 0.322 e. The number of aliphatic carboxylic acids is 1. The van der Waals surface area contributed by atoms with E-state index in [9.17, 15) is 9.59 Å². The number of carboxylic acids is 1. The molecule has 1 aliphatic heterocycles. The standard InChI is InChI=1S/C11H18N2O3/c14-10-7-13(8-4-2-1-3-5-8)9(6-12-10)11(15)16/h8-9H,1-7H2,(H,12,14)(H,15,16). The summed E-state index contributed by atoms with van der Waals surface area (Å²) >= 11 is 0. The van der Waals surface area contributed by atoms with Crippen molar-refractivity contribution in [1.82, 2.24) is 10.2 Å².